The Morgan fingerprint density at radius 3 is 2.33 bits per heavy atom. The zero-order chi connectivity index (χ0) is 9.40. The maximum absolute atomic E-state index is 10.8. The smallest absolute Gasteiger partial charge is 0.309 e. The molecular weight excluding hydrogens is 156 g/mol. The third kappa shape index (κ3) is 5.77. The second-order valence-corrected chi connectivity index (χ2v) is 2.26. The molecule has 0 N–H and O–H groups in total. The fourth-order valence-corrected chi connectivity index (χ4v) is 0.734. The molecule has 0 aliphatic carbocycles. The van der Waals surface area contributed by atoms with E-state index in [2.05, 4.69) is 0 Å². The van der Waals surface area contributed by atoms with Crippen LogP contribution in [0.4, 0.5) is 0 Å². The number of carbonyl (C=O) groups excluding carboxylic acids is 1. The minimum absolute atomic E-state index is 0.212. The van der Waals surface area contributed by atoms with Crippen LogP contribution in [0.15, 0.2) is 11.8 Å². The Morgan fingerprint density at radius 1 is 1.25 bits per heavy atom. The Labute approximate surface area is 73.4 Å². The highest BCUT2D eigenvalue weighted by Crippen LogP contribution is 1.98. The highest BCUT2D eigenvalue weighted by molar-refractivity contribution is 5.71. The van der Waals surface area contributed by atoms with E-state index in [0.29, 0.717) is 19.6 Å². The van der Waals surface area contributed by atoms with Crippen molar-refractivity contribution < 1.29 is 14.3 Å². The van der Waals surface area contributed by atoms with Gasteiger partial charge < -0.3 is 9.47 Å². The molecule has 0 saturated heterocycles. The third-order valence-electron chi connectivity index (χ3n) is 1.23. The lowest BCUT2D eigenvalue weighted by Gasteiger charge is -2.02. The average molecular weight is 172 g/mol. The van der Waals surface area contributed by atoms with Crippen LogP contribution in [0.3, 0.4) is 0 Å². The van der Waals surface area contributed by atoms with Gasteiger partial charge in [0.25, 0.3) is 0 Å². The molecule has 3 nitrogen and oxygen atoms in total. The Hall–Kier alpha value is -0.990. The average Bonchev–Trinajstić information content (AvgIpc) is 2.02. The Balaban J connectivity index is 3.63. The highest BCUT2D eigenvalue weighted by Gasteiger charge is 1.97. The quantitative estimate of drug-likeness (QED) is 0.469. The van der Waals surface area contributed by atoms with E-state index in [1.807, 2.05) is 13.8 Å². The van der Waals surface area contributed by atoms with Crippen molar-refractivity contribution in [2.75, 3.05) is 13.2 Å². The minimum atomic E-state index is -0.212. The summed E-state index contributed by atoms with van der Waals surface area (Å²) in [4.78, 5) is 10.8. The number of hydrogen-bond donors (Lipinski definition) is 0. The molecular formula is C9H16O3. The van der Waals surface area contributed by atoms with E-state index in [4.69, 9.17) is 9.47 Å². The van der Waals surface area contributed by atoms with Gasteiger partial charge in [0.05, 0.1) is 25.4 Å². The molecule has 0 spiro atoms. The van der Waals surface area contributed by atoms with Crippen LogP contribution in [0.2, 0.25) is 0 Å². The van der Waals surface area contributed by atoms with Crippen molar-refractivity contribution in [2.45, 2.75) is 27.2 Å². The van der Waals surface area contributed by atoms with Gasteiger partial charge in [-0.3, -0.25) is 4.79 Å². The van der Waals surface area contributed by atoms with Crippen LogP contribution in [0.5, 0.6) is 0 Å². The van der Waals surface area contributed by atoms with E-state index in [-0.39, 0.29) is 5.97 Å². The lowest BCUT2D eigenvalue weighted by atomic mass is 10.3. The van der Waals surface area contributed by atoms with Gasteiger partial charge in [-0.1, -0.05) is 0 Å². The highest BCUT2D eigenvalue weighted by atomic mass is 16.5. The maximum atomic E-state index is 10.8. The van der Waals surface area contributed by atoms with Crippen LogP contribution < -0.4 is 0 Å². The predicted octanol–water partition coefficient (Wildman–Crippen LogP) is 1.88. The molecule has 0 saturated carbocycles. The molecule has 0 heterocycles. The molecule has 0 rings (SSSR count). The van der Waals surface area contributed by atoms with E-state index < -0.39 is 0 Å². The number of carbonyl (C=O) groups is 1. The lowest BCUT2D eigenvalue weighted by Crippen LogP contribution is -2.02. The summed E-state index contributed by atoms with van der Waals surface area (Å²) in [7, 11) is 0. The Kier molecular flexibility index (Phi) is 6.15. The summed E-state index contributed by atoms with van der Waals surface area (Å²) in [5.41, 5.74) is 0. The van der Waals surface area contributed by atoms with E-state index in [0.717, 1.165) is 5.76 Å². The summed E-state index contributed by atoms with van der Waals surface area (Å²) in [5.74, 6) is 0.558. The largest absolute Gasteiger partial charge is 0.499 e. The monoisotopic (exact) mass is 172 g/mol. The van der Waals surface area contributed by atoms with Crippen molar-refractivity contribution in [3.63, 3.8) is 0 Å². The van der Waals surface area contributed by atoms with Crippen molar-refractivity contribution in [1.29, 1.82) is 0 Å². The van der Waals surface area contributed by atoms with Crippen LogP contribution >= 0.6 is 0 Å². The maximum Gasteiger partial charge on any atom is 0.309 e. The van der Waals surface area contributed by atoms with Crippen LogP contribution in [-0.2, 0) is 14.3 Å². The van der Waals surface area contributed by atoms with Gasteiger partial charge in [0.2, 0.25) is 0 Å². The molecule has 0 amide bonds. The van der Waals surface area contributed by atoms with E-state index >= 15 is 0 Å². The molecule has 0 aromatic carbocycles. The molecule has 0 atom stereocenters. The lowest BCUT2D eigenvalue weighted by molar-refractivity contribution is -0.142. The van der Waals surface area contributed by atoms with Crippen molar-refractivity contribution in [1.82, 2.24) is 0 Å². The van der Waals surface area contributed by atoms with Gasteiger partial charge in [-0.2, -0.15) is 0 Å². The van der Waals surface area contributed by atoms with E-state index in [1.165, 1.54) is 0 Å². The van der Waals surface area contributed by atoms with Gasteiger partial charge in [-0.15, -0.1) is 0 Å². The first kappa shape index (κ1) is 11.0. The van der Waals surface area contributed by atoms with Gasteiger partial charge in [0, 0.05) is 0 Å². The molecule has 0 aromatic heterocycles. The van der Waals surface area contributed by atoms with Crippen LogP contribution in [-0.4, -0.2) is 19.2 Å². The summed E-state index contributed by atoms with van der Waals surface area (Å²) < 4.78 is 9.86. The standard InChI is InChI=1S/C9H16O3/c1-4-11-8(3)6-7-9(10)12-5-2/h6H,4-5,7H2,1-3H3. The predicted molar refractivity (Wildman–Crippen MR) is 46.6 cm³/mol. The molecule has 0 aliphatic heterocycles. The molecule has 12 heavy (non-hydrogen) atoms. The van der Waals surface area contributed by atoms with Gasteiger partial charge in [-0.05, 0) is 26.8 Å². The number of ether oxygens (including phenoxy) is 2. The molecule has 0 radical (unpaired) electrons. The molecule has 0 unspecified atom stereocenters. The Morgan fingerprint density at radius 2 is 1.83 bits per heavy atom. The number of hydrogen-bond acceptors (Lipinski definition) is 3. The normalized spacial score (nSPS) is 11.1. The number of rotatable bonds is 5. The molecule has 3 heteroatoms. The second-order valence-electron chi connectivity index (χ2n) is 2.26. The van der Waals surface area contributed by atoms with E-state index in [1.54, 1.807) is 13.0 Å². The SMILES string of the molecule is CCOC(=O)CC=C(C)OCC. The van der Waals surface area contributed by atoms with Gasteiger partial charge in [0.15, 0.2) is 0 Å². The molecule has 0 aliphatic rings. The first-order valence-corrected chi connectivity index (χ1v) is 4.15. The van der Waals surface area contributed by atoms with Crippen LogP contribution in [0.1, 0.15) is 27.2 Å². The van der Waals surface area contributed by atoms with Crippen LogP contribution in [0.25, 0.3) is 0 Å². The molecule has 0 bridgehead atoms. The minimum Gasteiger partial charge on any atom is -0.499 e. The summed E-state index contributed by atoms with van der Waals surface area (Å²) in [5, 5.41) is 0. The summed E-state index contributed by atoms with van der Waals surface area (Å²) >= 11 is 0. The zero-order valence-electron chi connectivity index (χ0n) is 7.92. The summed E-state index contributed by atoms with van der Waals surface area (Å²) in [6, 6.07) is 0. The summed E-state index contributed by atoms with van der Waals surface area (Å²) in [6.45, 7) is 6.58. The topological polar surface area (TPSA) is 35.5 Å². The number of allylic oxidation sites excluding steroid dienone is 1. The molecule has 0 aromatic rings. The van der Waals surface area contributed by atoms with Crippen molar-refractivity contribution in [3.05, 3.63) is 11.8 Å². The van der Waals surface area contributed by atoms with Crippen molar-refractivity contribution in [2.24, 2.45) is 0 Å². The van der Waals surface area contributed by atoms with E-state index in [9.17, 15) is 4.79 Å². The Bertz CT molecular complexity index is 161. The fourth-order valence-electron chi connectivity index (χ4n) is 0.734. The first-order chi connectivity index (χ1) is 5.70. The fraction of sp³-hybridized carbons (Fsp3) is 0.667. The van der Waals surface area contributed by atoms with Gasteiger partial charge in [-0.25, -0.2) is 0 Å². The molecule has 0 fully saturated rings. The van der Waals surface area contributed by atoms with Crippen LogP contribution in [0, 0.1) is 0 Å². The van der Waals surface area contributed by atoms with Crippen molar-refractivity contribution in [3.8, 4) is 0 Å². The number of esters is 1. The zero-order valence-corrected chi connectivity index (χ0v) is 7.92. The third-order valence-corrected chi connectivity index (χ3v) is 1.23. The summed E-state index contributed by atoms with van der Waals surface area (Å²) in [6.07, 6.45) is 2.02. The van der Waals surface area contributed by atoms with Gasteiger partial charge in [0.1, 0.15) is 0 Å². The second kappa shape index (κ2) is 6.70. The van der Waals surface area contributed by atoms with Crippen molar-refractivity contribution >= 4 is 5.97 Å². The first-order valence-electron chi connectivity index (χ1n) is 4.15. The molecule has 70 valence electrons. The van der Waals surface area contributed by atoms with Gasteiger partial charge >= 0.3 is 5.97 Å².